The average molecular weight is 318 g/mol. The molecule has 0 unspecified atom stereocenters. The molecular weight excluding hydrogens is 306 g/mol. The number of thiophene rings is 1. The number of nitrogen functional groups attached to an aromatic ring is 1. The highest BCUT2D eigenvalue weighted by molar-refractivity contribution is 7.89. The second-order valence-electron chi connectivity index (χ2n) is 4.21. The topological polar surface area (TPSA) is 63.4 Å². The fourth-order valence-electron chi connectivity index (χ4n) is 1.66. The van der Waals surface area contributed by atoms with E-state index in [-0.39, 0.29) is 12.2 Å². The van der Waals surface area contributed by atoms with E-state index < -0.39 is 26.6 Å². The Morgan fingerprint density at radius 3 is 2.65 bits per heavy atom. The van der Waals surface area contributed by atoms with Crippen molar-refractivity contribution in [2.24, 2.45) is 0 Å². The second kappa shape index (κ2) is 5.47. The molecule has 0 aliphatic heterocycles. The number of hydrogen-bond donors (Lipinski definition) is 1. The van der Waals surface area contributed by atoms with Gasteiger partial charge in [-0.05, 0) is 34.5 Å². The van der Waals surface area contributed by atoms with Crippen molar-refractivity contribution in [3.8, 4) is 0 Å². The zero-order chi connectivity index (χ0) is 14.9. The van der Waals surface area contributed by atoms with Crippen LogP contribution >= 0.6 is 11.3 Å². The number of benzene rings is 1. The van der Waals surface area contributed by atoms with Crippen LogP contribution in [0, 0.1) is 11.6 Å². The molecule has 0 spiro atoms. The van der Waals surface area contributed by atoms with Crippen molar-refractivity contribution in [2.75, 3.05) is 12.8 Å². The number of rotatable bonds is 4. The molecule has 20 heavy (non-hydrogen) atoms. The molecule has 108 valence electrons. The van der Waals surface area contributed by atoms with E-state index in [0.717, 1.165) is 22.0 Å². The van der Waals surface area contributed by atoms with E-state index in [1.165, 1.54) is 18.4 Å². The summed E-state index contributed by atoms with van der Waals surface area (Å²) in [7, 11) is -2.85. The van der Waals surface area contributed by atoms with E-state index in [0.29, 0.717) is 0 Å². The van der Waals surface area contributed by atoms with Gasteiger partial charge >= 0.3 is 0 Å². The number of anilines is 1. The van der Waals surface area contributed by atoms with Gasteiger partial charge < -0.3 is 5.73 Å². The zero-order valence-corrected chi connectivity index (χ0v) is 12.1. The Hall–Kier alpha value is -1.51. The maximum absolute atomic E-state index is 13.7. The van der Waals surface area contributed by atoms with Crippen LogP contribution in [0.3, 0.4) is 0 Å². The third-order valence-corrected chi connectivity index (χ3v) is 5.23. The molecule has 1 aromatic carbocycles. The van der Waals surface area contributed by atoms with Crippen molar-refractivity contribution in [2.45, 2.75) is 11.4 Å². The lowest BCUT2D eigenvalue weighted by Crippen LogP contribution is -2.27. The second-order valence-corrected chi connectivity index (χ2v) is 7.00. The molecule has 0 bridgehead atoms. The van der Waals surface area contributed by atoms with Gasteiger partial charge in [0.1, 0.15) is 4.90 Å². The van der Waals surface area contributed by atoms with E-state index in [2.05, 4.69) is 0 Å². The number of nitrogens with two attached hydrogens (primary N) is 1. The summed E-state index contributed by atoms with van der Waals surface area (Å²) >= 11 is 1.42. The summed E-state index contributed by atoms with van der Waals surface area (Å²) in [6, 6.07) is 3.41. The Balaban J connectivity index is 2.40. The molecule has 0 aliphatic rings. The number of halogens is 2. The van der Waals surface area contributed by atoms with Crippen LogP contribution in [-0.4, -0.2) is 19.8 Å². The van der Waals surface area contributed by atoms with Crippen LogP contribution in [0.4, 0.5) is 14.5 Å². The third kappa shape index (κ3) is 2.82. The van der Waals surface area contributed by atoms with Crippen molar-refractivity contribution in [1.82, 2.24) is 4.31 Å². The highest BCUT2D eigenvalue weighted by Crippen LogP contribution is 2.24. The molecule has 0 amide bonds. The summed E-state index contributed by atoms with van der Waals surface area (Å²) in [5.74, 6) is -2.70. The molecule has 0 fully saturated rings. The first-order valence-electron chi connectivity index (χ1n) is 5.54. The standard InChI is InChI=1S/C12H12F2N2O2S2/c1-16(6-8-2-3-19-7-8)20(17,18)11-5-9(15)4-10(13)12(11)14/h2-5,7H,6,15H2,1H3. The minimum atomic E-state index is -4.15. The highest BCUT2D eigenvalue weighted by atomic mass is 32.2. The van der Waals surface area contributed by atoms with Gasteiger partial charge in [-0.15, -0.1) is 0 Å². The summed E-state index contributed by atoms with van der Waals surface area (Å²) in [6.07, 6.45) is 0. The van der Waals surface area contributed by atoms with Crippen molar-refractivity contribution >= 4 is 27.0 Å². The number of sulfonamides is 1. The van der Waals surface area contributed by atoms with Crippen molar-refractivity contribution in [3.05, 3.63) is 46.2 Å². The van der Waals surface area contributed by atoms with Gasteiger partial charge in [-0.2, -0.15) is 15.6 Å². The van der Waals surface area contributed by atoms with Crippen LogP contribution in [0.25, 0.3) is 0 Å². The minimum absolute atomic E-state index is 0.0711. The van der Waals surface area contributed by atoms with Crippen LogP contribution < -0.4 is 5.73 Å². The fourth-order valence-corrected chi connectivity index (χ4v) is 3.59. The molecule has 0 saturated heterocycles. The number of nitrogens with zero attached hydrogens (tertiary/aromatic N) is 1. The van der Waals surface area contributed by atoms with E-state index >= 15 is 0 Å². The van der Waals surface area contributed by atoms with Gasteiger partial charge in [-0.3, -0.25) is 0 Å². The molecule has 2 aromatic rings. The maximum atomic E-state index is 13.7. The van der Waals surface area contributed by atoms with E-state index in [4.69, 9.17) is 5.73 Å². The number of hydrogen-bond acceptors (Lipinski definition) is 4. The van der Waals surface area contributed by atoms with Crippen LogP contribution in [0.15, 0.2) is 33.9 Å². The fraction of sp³-hybridized carbons (Fsp3) is 0.167. The lowest BCUT2D eigenvalue weighted by atomic mass is 10.3. The predicted molar refractivity (Wildman–Crippen MR) is 73.7 cm³/mol. The van der Waals surface area contributed by atoms with Gasteiger partial charge in [-0.1, -0.05) is 0 Å². The van der Waals surface area contributed by atoms with Gasteiger partial charge in [0.25, 0.3) is 0 Å². The van der Waals surface area contributed by atoms with E-state index in [1.54, 1.807) is 16.8 Å². The molecular formula is C12H12F2N2O2S2. The quantitative estimate of drug-likeness (QED) is 0.881. The predicted octanol–water partition coefficient (Wildman–Crippen LogP) is 2.43. The Bertz CT molecular complexity index is 715. The molecule has 1 heterocycles. The Labute approximate surface area is 119 Å². The monoisotopic (exact) mass is 318 g/mol. The van der Waals surface area contributed by atoms with Crippen molar-refractivity contribution in [3.63, 3.8) is 0 Å². The van der Waals surface area contributed by atoms with Crippen LogP contribution in [0.5, 0.6) is 0 Å². The summed E-state index contributed by atoms with van der Waals surface area (Å²) < 4.78 is 52.4. The maximum Gasteiger partial charge on any atom is 0.246 e. The molecule has 1 aromatic heterocycles. The minimum Gasteiger partial charge on any atom is -0.399 e. The molecule has 0 atom stereocenters. The lowest BCUT2D eigenvalue weighted by Gasteiger charge is -2.17. The van der Waals surface area contributed by atoms with Crippen LogP contribution in [-0.2, 0) is 16.6 Å². The summed E-state index contributed by atoms with van der Waals surface area (Å²) in [6.45, 7) is 0.0711. The molecule has 8 heteroatoms. The summed E-state index contributed by atoms with van der Waals surface area (Å²) in [5, 5.41) is 3.58. The lowest BCUT2D eigenvalue weighted by molar-refractivity contribution is 0.448. The Kier molecular flexibility index (Phi) is 4.07. The highest BCUT2D eigenvalue weighted by Gasteiger charge is 2.27. The van der Waals surface area contributed by atoms with Crippen molar-refractivity contribution in [1.29, 1.82) is 0 Å². The Morgan fingerprint density at radius 1 is 1.35 bits per heavy atom. The molecule has 0 aliphatic carbocycles. The molecule has 2 rings (SSSR count). The van der Waals surface area contributed by atoms with E-state index in [9.17, 15) is 17.2 Å². The molecule has 0 radical (unpaired) electrons. The third-order valence-electron chi connectivity index (χ3n) is 2.69. The molecule has 2 N–H and O–H groups in total. The van der Waals surface area contributed by atoms with E-state index in [1.807, 2.05) is 0 Å². The van der Waals surface area contributed by atoms with Gasteiger partial charge in [0.15, 0.2) is 11.6 Å². The first-order chi connectivity index (χ1) is 9.32. The van der Waals surface area contributed by atoms with Gasteiger partial charge in [0.05, 0.1) is 0 Å². The smallest absolute Gasteiger partial charge is 0.246 e. The van der Waals surface area contributed by atoms with Crippen molar-refractivity contribution < 1.29 is 17.2 Å². The Morgan fingerprint density at radius 2 is 2.05 bits per heavy atom. The first kappa shape index (κ1) is 14.9. The normalized spacial score (nSPS) is 12.0. The largest absolute Gasteiger partial charge is 0.399 e. The van der Waals surface area contributed by atoms with Gasteiger partial charge in [-0.25, -0.2) is 17.2 Å². The molecule has 0 saturated carbocycles. The average Bonchev–Trinajstić information content (AvgIpc) is 2.86. The summed E-state index contributed by atoms with van der Waals surface area (Å²) in [4.78, 5) is -0.757. The summed E-state index contributed by atoms with van der Waals surface area (Å²) in [5.41, 5.74) is 6.00. The first-order valence-corrected chi connectivity index (χ1v) is 7.92. The van der Waals surface area contributed by atoms with Crippen LogP contribution in [0.2, 0.25) is 0 Å². The zero-order valence-electron chi connectivity index (χ0n) is 10.5. The van der Waals surface area contributed by atoms with Gasteiger partial charge in [0.2, 0.25) is 10.0 Å². The van der Waals surface area contributed by atoms with Gasteiger partial charge in [0, 0.05) is 19.3 Å². The molecule has 4 nitrogen and oxygen atoms in total. The SMILES string of the molecule is CN(Cc1ccsc1)S(=O)(=O)c1cc(N)cc(F)c1F. The van der Waals surface area contributed by atoms with Crippen LogP contribution in [0.1, 0.15) is 5.56 Å².